The van der Waals surface area contributed by atoms with Gasteiger partial charge in [0.2, 0.25) is 0 Å². The van der Waals surface area contributed by atoms with Crippen LogP contribution in [0.3, 0.4) is 0 Å². The van der Waals surface area contributed by atoms with Gasteiger partial charge in [-0.3, -0.25) is 9.59 Å². The summed E-state index contributed by atoms with van der Waals surface area (Å²) in [6, 6.07) is 4.81. The van der Waals surface area contributed by atoms with Crippen molar-refractivity contribution in [1.82, 2.24) is 15.2 Å². The normalized spacial score (nSPS) is 20.4. The van der Waals surface area contributed by atoms with E-state index in [4.69, 9.17) is 5.73 Å². The number of benzene rings is 2. The Bertz CT molecular complexity index is 1650. The molecule has 3 aliphatic heterocycles. The molecule has 4 heterocycles. The third-order valence-electron chi connectivity index (χ3n) is 7.46. The third-order valence-corrected chi connectivity index (χ3v) is 8.49. The first kappa shape index (κ1) is 25.1. The Morgan fingerprint density at radius 1 is 1.21 bits per heavy atom. The van der Waals surface area contributed by atoms with Crippen molar-refractivity contribution in [1.29, 1.82) is 5.26 Å². The van der Waals surface area contributed by atoms with Gasteiger partial charge >= 0.3 is 0 Å². The van der Waals surface area contributed by atoms with Gasteiger partial charge in [-0.25, -0.2) is 17.6 Å². The molecule has 3 aromatic rings. The number of carbonyl (C=O) groups excluding carboxylic acids is 2. The predicted octanol–water partition coefficient (Wildman–Crippen LogP) is 4.13. The zero-order valence-corrected chi connectivity index (χ0v) is 21.0. The minimum Gasteiger partial charge on any atom is -0.389 e. The first-order valence-corrected chi connectivity index (χ1v) is 12.8. The minimum absolute atomic E-state index is 0.0386. The van der Waals surface area contributed by atoms with Crippen molar-refractivity contribution in [2.24, 2.45) is 0 Å². The van der Waals surface area contributed by atoms with Crippen LogP contribution in [0.5, 0.6) is 0 Å². The topological polar surface area (TPSA) is 106 Å². The molecule has 3 aliphatic rings. The number of fused-ring (bicyclic) bond motifs is 2. The third kappa shape index (κ3) is 3.66. The van der Waals surface area contributed by atoms with Crippen molar-refractivity contribution in [2.75, 3.05) is 36.9 Å². The van der Waals surface area contributed by atoms with Gasteiger partial charge in [0, 0.05) is 42.7 Å². The molecule has 0 saturated carbocycles. The largest absolute Gasteiger partial charge is 0.389 e. The number of rotatable bonds is 2. The van der Waals surface area contributed by atoms with Crippen LogP contribution in [-0.4, -0.2) is 53.8 Å². The number of carbonyl (C=O) groups is 2. The van der Waals surface area contributed by atoms with E-state index < -0.39 is 41.6 Å². The first-order chi connectivity index (χ1) is 18.6. The molecule has 1 saturated heterocycles. The number of nitrogen functional groups attached to an aromatic ring is 1. The van der Waals surface area contributed by atoms with Gasteiger partial charge in [-0.15, -0.1) is 11.3 Å². The van der Waals surface area contributed by atoms with Crippen LogP contribution in [0.2, 0.25) is 0 Å². The second kappa shape index (κ2) is 8.96. The summed E-state index contributed by atoms with van der Waals surface area (Å²) < 4.78 is 59.8. The number of nitriles is 1. The van der Waals surface area contributed by atoms with Crippen LogP contribution in [0.1, 0.15) is 34.2 Å². The summed E-state index contributed by atoms with van der Waals surface area (Å²) in [5, 5.41) is 11.2. The Hall–Kier alpha value is -4.15. The second-order valence-corrected chi connectivity index (χ2v) is 10.6. The van der Waals surface area contributed by atoms with Crippen molar-refractivity contribution in [3.05, 3.63) is 58.9 Å². The SMILES string of the molecule is C=C(F)C(=O)N1CCN2C(=O)c3cc(F)c(-c4ccc(F)c5sc(N)c(C#N)c45)c4c3N(CCC2C1)NC4F. The van der Waals surface area contributed by atoms with E-state index in [1.807, 2.05) is 6.07 Å². The smallest absolute Gasteiger partial charge is 0.282 e. The van der Waals surface area contributed by atoms with E-state index in [1.165, 1.54) is 20.9 Å². The summed E-state index contributed by atoms with van der Waals surface area (Å²) in [6.45, 7) is 3.42. The van der Waals surface area contributed by atoms with Gasteiger partial charge in [0.25, 0.3) is 11.8 Å². The minimum atomic E-state index is -1.91. The lowest BCUT2D eigenvalue weighted by Gasteiger charge is -2.43. The highest BCUT2D eigenvalue weighted by Crippen LogP contribution is 2.49. The molecular weight excluding hydrogens is 536 g/mol. The highest BCUT2D eigenvalue weighted by Gasteiger charge is 2.43. The zero-order valence-electron chi connectivity index (χ0n) is 20.2. The van der Waals surface area contributed by atoms with Crippen molar-refractivity contribution in [2.45, 2.75) is 18.8 Å². The molecule has 2 amide bonds. The molecular formula is C26H20F4N6O2S. The van der Waals surface area contributed by atoms with Crippen LogP contribution in [0.25, 0.3) is 21.2 Å². The number of piperazine rings is 1. The number of hydrogen-bond donors (Lipinski definition) is 2. The number of alkyl halides is 1. The van der Waals surface area contributed by atoms with Gasteiger partial charge in [0.05, 0.1) is 27.6 Å². The average molecular weight is 557 g/mol. The van der Waals surface area contributed by atoms with E-state index in [2.05, 4.69) is 12.0 Å². The average Bonchev–Trinajstić information content (AvgIpc) is 3.42. The van der Waals surface area contributed by atoms with E-state index in [0.29, 0.717) is 6.42 Å². The molecule has 2 atom stereocenters. The van der Waals surface area contributed by atoms with Crippen molar-refractivity contribution in [3.8, 4) is 17.2 Å². The molecule has 1 fully saturated rings. The number of nitrogens with one attached hydrogen (secondary N) is 1. The van der Waals surface area contributed by atoms with Crippen LogP contribution in [0, 0.1) is 23.0 Å². The van der Waals surface area contributed by atoms with E-state index in [1.54, 1.807) is 0 Å². The number of nitrogens with zero attached hydrogens (tertiary/aromatic N) is 4. The fraction of sp³-hybridized carbons (Fsp3) is 0.269. The summed E-state index contributed by atoms with van der Waals surface area (Å²) in [5.41, 5.74) is 8.36. The summed E-state index contributed by atoms with van der Waals surface area (Å²) in [5.74, 6) is -4.10. The molecule has 0 radical (unpaired) electrons. The highest BCUT2D eigenvalue weighted by atomic mass is 32.1. The van der Waals surface area contributed by atoms with Crippen LogP contribution in [-0.2, 0) is 4.79 Å². The van der Waals surface area contributed by atoms with Crippen LogP contribution >= 0.6 is 11.3 Å². The van der Waals surface area contributed by atoms with E-state index in [-0.39, 0.29) is 74.8 Å². The molecule has 6 rings (SSSR count). The Morgan fingerprint density at radius 3 is 2.69 bits per heavy atom. The maximum absolute atomic E-state index is 16.0. The standard InChI is InChI=1S/C26H20F4N6O2S/c1-11(27)25(37)34-6-7-35-12(10-34)4-5-36-21-14(26(35)38)8-17(29)19(20(21)23(30)33-36)13-2-3-16(28)22-18(13)15(9-31)24(32)39-22/h2-3,8,12,23,33H,1,4-7,10,32H2. The highest BCUT2D eigenvalue weighted by molar-refractivity contribution is 7.23. The number of nitrogens with two attached hydrogens (primary N) is 1. The number of thiophene rings is 1. The van der Waals surface area contributed by atoms with Gasteiger partial charge < -0.3 is 20.5 Å². The molecule has 13 heteroatoms. The van der Waals surface area contributed by atoms with Crippen LogP contribution in [0.4, 0.5) is 28.3 Å². The molecule has 2 aromatic carbocycles. The van der Waals surface area contributed by atoms with Crippen LogP contribution in [0.15, 0.2) is 30.6 Å². The maximum atomic E-state index is 16.0. The van der Waals surface area contributed by atoms with Crippen molar-refractivity contribution >= 4 is 43.9 Å². The monoisotopic (exact) mass is 556 g/mol. The van der Waals surface area contributed by atoms with E-state index in [0.717, 1.165) is 23.5 Å². The summed E-state index contributed by atoms with van der Waals surface area (Å²) in [4.78, 5) is 28.6. The lowest BCUT2D eigenvalue weighted by atomic mass is 9.90. The predicted molar refractivity (Wildman–Crippen MR) is 137 cm³/mol. The lowest BCUT2D eigenvalue weighted by Crippen LogP contribution is -2.58. The summed E-state index contributed by atoms with van der Waals surface area (Å²) in [7, 11) is 0. The fourth-order valence-corrected chi connectivity index (χ4v) is 6.69. The molecule has 200 valence electrons. The molecule has 2 unspecified atom stereocenters. The van der Waals surface area contributed by atoms with Gasteiger partial charge in [-0.1, -0.05) is 12.6 Å². The Morgan fingerprint density at radius 2 is 1.97 bits per heavy atom. The number of halogens is 4. The number of hydrazine groups is 1. The number of anilines is 2. The number of amides is 2. The van der Waals surface area contributed by atoms with Crippen LogP contribution < -0.4 is 16.2 Å². The lowest BCUT2D eigenvalue weighted by molar-refractivity contribution is -0.131. The zero-order chi connectivity index (χ0) is 27.7. The quantitative estimate of drug-likeness (QED) is 0.279. The molecule has 0 aliphatic carbocycles. The van der Waals surface area contributed by atoms with E-state index >= 15 is 8.78 Å². The van der Waals surface area contributed by atoms with Crippen molar-refractivity contribution in [3.63, 3.8) is 0 Å². The van der Waals surface area contributed by atoms with Gasteiger partial charge in [0.15, 0.2) is 12.1 Å². The summed E-state index contributed by atoms with van der Waals surface area (Å²) >= 11 is 0.841. The van der Waals surface area contributed by atoms with Gasteiger partial charge in [0.1, 0.15) is 22.7 Å². The molecule has 39 heavy (non-hydrogen) atoms. The molecule has 3 N–H and O–H groups in total. The Kier molecular flexibility index (Phi) is 5.78. The second-order valence-electron chi connectivity index (χ2n) is 9.54. The molecule has 8 nitrogen and oxygen atoms in total. The number of hydrogen-bond acceptors (Lipinski definition) is 7. The van der Waals surface area contributed by atoms with Gasteiger partial charge in [-0.05, 0) is 24.1 Å². The Balaban J connectivity index is 1.51. The first-order valence-electron chi connectivity index (χ1n) is 12.0. The molecule has 1 aromatic heterocycles. The van der Waals surface area contributed by atoms with Crippen molar-refractivity contribution < 1.29 is 27.2 Å². The molecule has 0 bridgehead atoms. The Labute approximate surface area is 223 Å². The maximum Gasteiger partial charge on any atom is 0.282 e. The van der Waals surface area contributed by atoms with Gasteiger partial charge in [-0.2, -0.15) is 10.7 Å². The van der Waals surface area contributed by atoms with E-state index in [9.17, 15) is 23.6 Å². The molecule has 0 spiro atoms. The fourth-order valence-electron chi connectivity index (χ4n) is 5.74. The summed E-state index contributed by atoms with van der Waals surface area (Å²) in [6.07, 6.45) is -1.61.